The molecule has 1 fully saturated rings. The number of amides is 2. The molecule has 1 saturated heterocycles. The first-order valence-corrected chi connectivity index (χ1v) is 4.51. The third kappa shape index (κ3) is 2.68. The van der Waals surface area contributed by atoms with Crippen molar-refractivity contribution in [2.24, 2.45) is 11.5 Å². The predicted molar refractivity (Wildman–Crippen MR) is 49.0 cm³/mol. The van der Waals surface area contributed by atoms with E-state index in [2.05, 4.69) is 0 Å². The molecule has 6 heteroatoms. The maximum absolute atomic E-state index is 11.5. The summed E-state index contributed by atoms with van der Waals surface area (Å²) >= 11 is 0. The highest BCUT2D eigenvalue weighted by Gasteiger charge is 2.28. The fraction of sp³-hybridized carbons (Fsp3) is 0.750. The molecule has 1 aliphatic heterocycles. The van der Waals surface area contributed by atoms with Crippen LogP contribution in [0.15, 0.2) is 0 Å². The number of aliphatic hydroxyl groups excluding tert-OH is 1. The van der Waals surface area contributed by atoms with Gasteiger partial charge in [-0.1, -0.05) is 0 Å². The number of carbonyl (C=O) groups excluding carboxylic acids is 2. The predicted octanol–water partition coefficient (Wildman–Crippen LogP) is -2.22. The number of rotatable bonds is 3. The lowest BCUT2D eigenvalue weighted by Crippen LogP contribution is -2.44. The number of carbonyl (C=O) groups is 2. The number of primary amides is 1. The maximum atomic E-state index is 11.5. The molecule has 1 rings (SSSR count). The standard InChI is InChI=1S/C8H15N3O3/c9-6(3-7(10)13)8(14)11-2-1-5(12)4-11/h5-6,12H,1-4,9H2,(H2,10,13)/t5-,6+/m1/s1. The minimum atomic E-state index is -0.877. The minimum Gasteiger partial charge on any atom is -0.391 e. The van der Waals surface area contributed by atoms with Gasteiger partial charge in [-0.05, 0) is 6.42 Å². The van der Waals surface area contributed by atoms with E-state index in [0.717, 1.165) is 0 Å². The molecule has 6 nitrogen and oxygen atoms in total. The fourth-order valence-corrected chi connectivity index (χ4v) is 1.48. The van der Waals surface area contributed by atoms with Crippen molar-refractivity contribution >= 4 is 11.8 Å². The van der Waals surface area contributed by atoms with Crippen LogP contribution in [0.5, 0.6) is 0 Å². The number of hydrogen-bond acceptors (Lipinski definition) is 4. The molecule has 2 amide bonds. The zero-order valence-corrected chi connectivity index (χ0v) is 7.85. The fourth-order valence-electron chi connectivity index (χ4n) is 1.48. The van der Waals surface area contributed by atoms with Crippen LogP contribution >= 0.6 is 0 Å². The molecule has 14 heavy (non-hydrogen) atoms. The summed E-state index contributed by atoms with van der Waals surface area (Å²) in [5.74, 6) is -0.911. The Labute approximate surface area is 81.8 Å². The monoisotopic (exact) mass is 201 g/mol. The Balaban J connectivity index is 2.44. The number of β-amino-alcohol motifs (C(OH)–C–C–N with tert-alkyl or cyclic N) is 1. The molecule has 0 spiro atoms. The van der Waals surface area contributed by atoms with Gasteiger partial charge in [-0.3, -0.25) is 9.59 Å². The molecule has 5 N–H and O–H groups in total. The Bertz CT molecular complexity index is 244. The topological polar surface area (TPSA) is 110 Å². The normalized spacial score (nSPS) is 23.6. The summed E-state index contributed by atoms with van der Waals surface area (Å²) in [6.45, 7) is 0.789. The quantitative estimate of drug-likeness (QED) is 0.480. The molecule has 0 aromatic carbocycles. The van der Waals surface area contributed by atoms with E-state index in [4.69, 9.17) is 11.5 Å². The van der Waals surface area contributed by atoms with Crippen LogP contribution in [0, 0.1) is 0 Å². The van der Waals surface area contributed by atoms with Crippen LogP contribution < -0.4 is 11.5 Å². The van der Waals surface area contributed by atoms with E-state index in [9.17, 15) is 14.7 Å². The summed E-state index contributed by atoms with van der Waals surface area (Å²) in [6.07, 6.45) is -0.0554. The highest BCUT2D eigenvalue weighted by atomic mass is 16.3. The van der Waals surface area contributed by atoms with Crippen molar-refractivity contribution in [2.75, 3.05) is 13.1 Å². The summed E-state index contributed by atoms with van der Waals surface area (Å²) < 4.78 is 0. The molecular weight excluding hydrogens is 186 g/mol. The molecule has 0 bridgehead atoms. The summed E-state index contributed by atoms with van der Waals surface area (Å²) in [5, 5.41) is 9.19. The molecule has 1 heterocycles. The zero-order chi connectivity index (χ0) is 10.7. The first-order chi connectivity index (χ1) is 6.50. The van der Waals surface area contributed by atoms with E-state index in [1.54, 1.807) is 0 Å². The molecule has 0 aromatic rings. The van der Waals surface area contributed by atoms with Crippen LogP contribution in [-0.4, -0.2) is 47.1 Å². The molecule has 80 valence electrons. The van der Waals surface area contributed by atoms with Crippen molar-refractivity contribution in [3.8, 4) is 0 Å². The average molecular weight is 201 g/mol. The first kappa shape index (κ1) is 10.9. The van der Waals surface area contributed by atoms with E-state index in [1.165, 1.54) is 4.90 Å². The molecule has 0 aromatic heterocycles. The van der Waals surface area contributed by atoms with Gasteiger partial charge in [0.2, 0.25) is 11.8 Å². The highest BCUT2D eigenvalue weighted by Crippen LogP contribution is 2.10. The van der Waals surface area contributed by atoms with Crippen molar-refractivity contribution in [2.45, 2.75) is 25.0 Å². The van der Waals surface area contributed by atoms with Crippen LogP contribution in [0.25, 0.3) is 0 Å². The molecule has 0 unspecified atom stereocenters. The van der Waals surface area contributed by atoms with Crippen molar-refractivity contribution in [1.29, 1.82) is 0 Å². The van der Waals surface area contributed by atoms with Gasteiger partial charge in [0.05, 0.1) is 18.6 Å². The Morgan fingerprint density at radius 3 is 2.64 bits per heavy atom. The van der Waals surface area contributed by atoms with Crippen molar-refractivity contribution in [3.05, 3.63) is 0 Å². The van der Waals surface area contributed by atoms with Crippen LogP contribution in [0.4, 0.5) is 0 Å². The van der Waals surface area contributed by atoms with Crippen molar-refractivity contribution in [1.82, 2.24) is 4.90 Å². The largest absolute Gasteiger partial charge is 0.391 e. The summed E-state index contributed by atoms with van der Waals surface area (Å²) in [5.41, 5.74) is 10.4. The lowest BCUT2D eigenvalue weighted by atomic mass is 10.2. The average Bonchev–Trinajstić information content (AvgIpc) is 2.49. The van der Waals surface area contributed by atoms with Gasteiger partial charge in [-0.15, -0.1) is 0 Å². The van der Waals surface area contributed by atoms with Gasteiger partial charge in [0.1, 0.15) is 0 Å². The smallest absolute Gasteiger partial charge is 0.240 e. The maximum Gasteiger partial charge on any atom is 0.240 e. The van der Waals surface area contributed by atoms with Gasteiger partial charge < -0.3 is 21.5 Å². The van der Waals surface area contributed by atoms with E-state index in [0.29, 0.717) is 19.5 Å². The molecule has 2 atom stereocenters. The molecular formula is C8H15N3O3. The second-order valence-electron chi connectivity index (χ2n) is 3.50. The molecule has 0 radical (unpaired) electrons. The van der Waals surface area contributed by atoms with Gasteiger partial charge in [-0.2, -0.15) is 0 Å². The number of nitrogens with zero attached hydrogens (tertiary/aromatic N) is 1. The van der Waals surface area contributed by atoms with Crippen LogP contribution in [0.2, 0.25) is 0 Å². The lowest BCUT2D eigenvalue weighted by molar-refractivity contribution is -0.134. The third-order valence-electron chi connectivity index (χ3n) is 2.21. The lowest BCUT2D eigenvalue weighted by Gasteiger charge is -2.19. The number of aliphatic hydroxyl groups is 1. The first-order valence-electron chi connectivity index (χ1n) is 4.51. The number of hydrogen-bond donors (Lipinski definition) is 3. The Hall–Kier alpha value is -1.14. The summed E-state index contributed by atoms with van der Waals surface area (Å²) in [7, 11) is 0. The third-order valence-corrected chi connectivity index (χ3v) is 2.21. The van der Waals surface area contributed by atoms with E-state index in [1.807, 2.05) is 0 Å². The highest BCUT2D eigenvalue weighted by molar-refractivity contribution is 5.87. The Morgan fingerprint density at radius 1 is 1.57 bits per heavy atom. The van der Waals surface area contributed by atoms with Crippen molar-refractivity contribution in [3.63, 3.8) is 0 Å². The van der Waals surface area contributed by atoms with Gasteiger partial charge in [0.25, 0.3) is 0 Å². The van der Waals surface area contributed by atoms with Gasteiger partial charge in [0.15, 0.2) is 0 Å². The van der Waals surface area contributed by atoms with Gasteiger partial charge >= 0.3 is 0 Å². The Kier molecular flexibility index (Phi) is 3.43. The molecule has 1 aliphatic rings. The number of nitrogens with two attached hydrogens (primary N) is 2. The van der Waals surface area contributed by atoms with Crippen LogP contribution in [0.3, 0.4) is 0 Å². The zero-order valence-electron chi connectivity index (χ0n) is 7.85. The van der Waals surface area contributed by atoms with Gasteiger partial charge in [0, 0.05) is 13.1 Å². The van der Waals surface area contributed by atoms with E-state index < -0.39 is 18.1 Å². The second kappa shape index (κ2) is 4.39. The molecule has 0 aliphatic carbocycles. The SMILES string of the molecule is NC(=O)C[C@H](N)C(=O)N1CC[C@@H](O)C1. The Morgan fingerprint density at radius 2 is 2.21 bits per heavy atom. The minimum absolute atomic E-state index is 0.147. The van der Waals surface area contributed by atoms with Crippen molar-refractivity contribution < 1.29 is 14.7 Å². The van der Waals surface area contributed by atoms with Crippen LogP contribution in [0.1, 0.15) is 12.8 Å². The second-order valence-corrected chi connectivity index (χ2v) is 3.50. The molecule has 0 saturated carbocycles. The van der Waals surface area contributed by atoms with E-state index in [-0.39, 0.29) is 12.3 Å². The number of likely N-dealkylation sites (tertiary alicyclic amines) is 1. The van der Waals surface area contributed by atoms with Crippen LogP contribution in [-0.2, 0) is 9.59 Å². The van der Waals surface area contributed by atoms with E-state index >= 15 is 0 Å². The van der Waals surface area contributed by atoms with Gasteiger partial charge in [-0.25, -0.2) is 0 Å². The summed E-state index contributed by atoms with van der Waals surface area (Å²) in [4.78, 5) is 23.5. The summed E-state index contributed by atoms with van der Waals surface area (Å²) in [6, 6.07) is -0.877.